The molecule has 136 valence electrons. The van der Waals surface area contributed by atoms with E-state index < -0.39 is 0 Å². The van der Waals surface area contributed by atoms with Crippen molar-refractivity contribution in [1.29, 1.82) is 0 Å². The second-order valence-corrected chi connectivity index (χ2v) is 7.05. The summed E-state index contributed by atoms with van der Waals surface area (Å²) < 4.78 is 0. The van der Waals surface area contributed by atoms with Crippen molar-refractivity contribution in [2.75, 3.05) is 31.1 Å². The summed E-state index contributed by atoms with van der Waals surface area (Å²) in [4.78, 5) is 21.7. The normalized spacial score (nSPS) is 16.0. The minimum absolute atomic E-state index is 0.0591. The first kappa shape index (κ1) is 16.1. The molecule has 1 aliphatic carbocycles. The summed E-state index contributed by atoms with van der Waals surface area (Å²) in [6.07, 6.45) is 3.62. The Kier molecular flexibility index (Phi) is 3.89. The number of aromatic amines is 1. The molecular formula is C21H21N5O. The van der Waals surface area contributed by atoms with E-state index in [4.69, 9.17) is 0 Å². The van der Waals surface area contributed by atoms with Crippen LogP contribution in [0, 0.1) is 0 Å². The monoisotopic (exact) mass is 359 g/mol. The number of piperazine rings is 1. The van der Waals surface area contributed by atoms with Crippen molar-refractivity contribution in [1.82, 2.24) is 20.1 Å². The van der Waals surface area contributed by atoms with Crippen molar-refractivity contribution in [3.05, 3.63) is 65.5 Å². The standard InChI is InChI=1S/C21H21N5O/c27-21(26-13-11-25(12-14-26)18-7-3-4-10-22-18)20-17-9-8-15-5-1-2-6-16(15)19(17)23-24-20/h1-7,10H,8-9,11-14H2,(H,23,24). The fourth-order valence-electron chi connectivity index (χ4n) is 4.07. The summed E-state index contributed by atoms with van der Waals surface area (Å²) in [6, 6.07) is 14.3. The number of amides is 1. The van der Waals surface area contributed by atoms with Crippen molar-refractivity contribution in [2.45, 2.75) is 12.8 Å². The molecule has 5 rings (SSSR count). The van der Waals surface area contributed by atoms with Crippen molar-refractivity contribution in [2.24, 2.45) is 0 Å². The zero-order valence-corrected chi connectivity index (χ0v) is 15.1. The molecule has 2 aliphatic rings. The highest BCUT2D eigenvalue weighted by molar-refractivity contribution is 5.96. The second-order valence-electron chi connectivity index (χ2n) is 7.05. The fourth-order valence-corrected chi connectivity index (χ4v) is 4.07. The van der Waals surface area contributed by atoms with Crippen LogP contribution in [0.2, 0.25) is 0 Å². The van der Waals surface area contributed by atoms with E-state index in [0.29, 0.717) is 18.8 Å². The van der Waals surface area contributed by atoms with Crippen LogP contribution >= 0.6 is 0 Å². The van der Waals surface area contributed by atoms with Crippen LogP contribution in [0.5, 0.6) is 0 Å². The predicted octanol–water partition coefficient (Wildman–Crippen LogP) is 2.53. The van der Waals surface area contributed by atoms with Crippen molar-refractivity contribution in [3.8, 4) is 11.3 Å². The maximum atomic E-state index is 13.1. The van der Waals surface area contributed by atoms with Gasteiger partial charge in [0.25, 0.3) is 5.91 Å². The summed E-state index contributed by atoms with van der Waals surface area (Å²) >= 11 is 0. The predicted molar refractivity (Wildman–Crippen MR) is 104 cm³/mol. The van der Waals surface area contributed by atoms with Crippen molar-refractivity contribution < 1.29 is 4.79 Å². The molecule has 0 spiro atoms. The van der Waals surface area contributed by atoms with E-state index in [0.717, 1.165) is 48.6 Å². The van der Waals surface area contributed by atoms with Gasteiger partial charge >= 0.3 is 0 Å². The Labute approximate surface area is 157 Å². The van der Waals surface area contributed by atoms with E-state index in [1.54, 1.807) is 0 Å². The number of nitrogens with zero attached hydrogens (tertiary/aromatic N) is 4. The number of hydrogen-bond acceptors (Lipinski definition) is 4. The molecule has 0 bridgehead atoms. The lowest BCUT2D eigenvalue weighted by Gasteiger charge is -2.35. The highest BCUT2D eigenvalue weighted by atomic mass is 16.2. The smallest absolute Gasteiger partial charge is 0.272 e. The number of hydrogen-bond donors (Lipinski definition) is 1. The Morgan fingerprint density at radius 2 is 1.78 bits per heavy atom. The maximum Gasteiger partial charge on any atom is 0.272 e. The molecule has 0 radical (unpaired) electrons. The number of nitrogens with one attached hydrogen (secondary N) is 1. The highest BCUT2D eigenvalue weighted by Crippen LogP contribution is 2.33. The quantitative estimate of drug-likeness (QED) is 0.764. The minimum Gasteiger partial charge on any atom is -0.353 e. The van der Waals surface area contributed by atoms with Crippen LogP contribution < -0.4 is 4.90 Å². The molecule has 6 nitrogen and oxygen atoms in total. The third-order valence-electron chi connectivity index (χ3n) is 5.54. The van der Waals surface area contributed by atoms with Crippen molar-refractivity contribution >= 4 is 11.7 Å². The maximum absolute atomic E-state index is 13.1. The molecule has 1 fully saturated rings. The van der Waals surface area contributed by atoms with Crippen LogP contribution in [-0.2, 0) is 12.8 Å². The van der Waals surface area contributed by atoms with Crippen molar-refractivity contribution in [3.63, 3.8) is 0 Å². The molecule has 1 amide bonds. The largest absolute Gasteiger partial charge is 0.353 e. The van der Waals surface area contributed by atoms with Crippen LogP contribution in [0.1, 0.15) is 21.6 Å². The number of pyridine rings is 1. The first-order valence-corrected chi connectivity index (χ1v) is 9.42. The molecule has 0 unspecified atom stereocenters. The number of fused-ring (bicyclic) bond motifs is 3. The highest BCUT2D eigenvalue weighted by Gasteiger charge is 2.29. The fraction of sp³-hybridized carbons (Fsp3) is 0.286. The lowest BCUT2D eigenvalue weighted by Crippen LogP contribution is -2.49. The van der Waals surface area contributed by atoms with Gasteiger partial charge in [-0.3, -0.25) is 9.89 Å². The summed E-state index contributed by atoms with van der Waals surface area (Å²) in [5, 5.41) is 7.51. The Balaban J connectivity index is 1.34. The van der Waals surface area contributed by atoms with Crippen LogP contribution in [-0.4, -0.2) is 52.2 Å². The first-order valence-electron chi connectivity index (χ1n) is 9.42. The Morgan fingerprint density at radius 1 is 0.963 bits per heavy atom. The Bertz CT molecular complexity index is 973. The van der Waals surface area contributed by atoms with E-state index in [-0.39, 0.29) is 5.91 Å². The number of carbonyl (C=O) groups is 1. The second kappa shape index (κ2) is 6.54. The van der Waals surface area contributed by atoms with Gasteiger partial charge in [0.05, 0.1) is 5.69 Å². The van der Waals surface area contributed by atoms with Gasteiger partial charge in [0.15, 0.2) is 0 Å². The number of anilines is 1. The summed E-state index contributed by atoms with van der Waals surface area (Å²) in [5.41, 5.74) is 5.11. The van der Waals surface area contributed by atoms with Gasteiger partial charge in [0.2, 0.25) is 0 Å². The molecule has 2 aromatic heterocycles. The van der Waals surface area contributed by atoms with Gasteiger partial charge in [-0.2, -0.15) is 5.10 Å². The SMILES string of the molecule is O=C(c1[nH]nc2c1CCc1ccccc1-2)N1CCN(c2ccccn2)CC1. The molecule has 0 atom stereocenters. The number of carbonyl (C=O) groups excluding carboxylic acids is 1. The summed E-state index contributed by atoms with van der Waals surface area (Å²) in [6.45, 7) is 2.98. The van der Waals surface area contributed by atoms with Gasteiger partial charge in [0, 0.05) is 43.5 Å². The zero-order valence-electron chi connectivity index (χ0n) is 15.1. The zero-order chi connectivity index (χ0) is 18.2. The van der Waals surface area contributed by atoms with E-state index >= 15 is 0 Å². The lowest BCUT2D eigenvalue weighted by atomic mass is 9.89. The van der Waals surface area contributed by atoms with E-state index in [1.165, 1.54) is 5.56 Å². The van der Waals surface area contributed by atoms with Crippen LogP contribution in [0.15, 0.2) is 48.7 Å². The van der Waals surface area contributed by atoms with Crippen LogP contribution in [0.4, 0.5) is 5.82 Å². The number of H-pyrrole nitrogens is 1. The molecule has 0 saturated carbocycles. The molecule has 27 heavy (non-hydrogen) atoms. The third kappa shape index (κ3) is 2.77. The van der Waals surface area contributed by atoms with Gasteiger partial charge in [-0.15, -0.1) is 0 Å². The van der Waals surface area contributed by atoms with E-state index in [1.807, 2.05) is 35.4 Å². The minimum atomic E-state index is 0.0591. The number of aryl methyl sites for hydroxylation is 1. The lowest BCUT2D eigenvalue weighted by molar-refractivity contribution is 0.0739. The molecule has 1 aromatic carbocycles. The topological polar surface area (TPSA) is 65.1 Å². The molecule has 1 N–H and O–H groups in total. The van der Waals surface area contributed by atoms with Crippen LogP contribution in [0.25, 0.3) is 11.3 Å². The number of aromatic nitrogens is 3. The van der Waals surface area contributed by atoms with Gasteiger partial charge < -0.3 is 9.80 Å². The summed E-state index contributed by atoms with van der Waals surface area (Å²) in [7, 11) is 0. The van der Waals surface area contributed by atoms with E-state index in [2.05, 4.69) is 38.3 Å². The van der Waals surface area contributed by atoms with Gasteiger partial charge in [-0.05, 0) is 30.5 Å². The third-order valence-corrected chi connectivity index (χ3v) is 5.54. The average Bonchev–Trinajstić information content (AvgIpc) is 3.19. The number of benzene rings is 1. The van der Waals surface area contributed by atoms with Gasteiger partial charge in [-0.1, -0.05) is 30.3 Å². The molecule has 1 saturated heterocycles. The molecule has 3 aromatic rings. The van der Waals surface area contributed by atoms with E-state index in [9.17, 15) is 4.79 Å². The van der Waals surface area contributed by atoms with Crippen LogP contribution in [0.3, 0.4) is 0 Å². The Morgan fingerprint density at radius 3 is 2.59 bits per heavy atom. The number of rotatable bonds is 2. The first-order chi connectivity index (χ1) is 13.3. The summed E-state index contributed by atoms with van der Waals surface area (Å²) in [5.74, 6) is 1.03. The molecule has 1 aliphatic heterocycles. The van der Waals surface area contributed by atoms with Gasteiger partial charge in [0.1, 0.15) is 11.5 Å². The Hall–Kier alpha value is -3.15. The average molecular weight is 359 g/mol. The molecule has 6 heteroatoms. The molecule has 3 heterocycles. The molecular weight excluding hydrogens is 338 g/mol. The van der Waals surface area contributed by atoms with Gasteiger partial charge in [-0.25, -0.2) is 4.98 Å².